The van der Waals surface area contributed by atoms with Gasteiger partial charge in [-0.25, -0.2) is 19.3 Å². The normalized spacial score (nSPS) is 16.6. The third-order valence-corrected chi connectivity index (χ3v) is 5.68. The average molecular weight is 432 g/mol. The van der Waals surface area contributed by atoms with E-state index in [1.165, 1.54) is 24.0 Å². The zero-order valence-electron chi connectivity index (χ0n) is 16.6. The summed E-state index contributed by atoms with van der Waals surface area (Å²) >= 11 is 6.33. The first-order valence-corrected chi connectivity index (χ1v) is 10.0. The predicted octanol–water partition coefficient (Wildman–Crippen LogP) is 1.76. The summed E-state index contributed by atoms with van der Waals surface area (Å²) in [7, 11) is 2.10. The molecule has 3 aromatic rings. The van der Waals surface area contributed by atoms with E-state index in [-0.39, 0.29) is 11.6 Å². The SMILES string of the molecule is CC(C(=O)O)n1cnn2cc(-c3nc(NC4CCN(C)CC4)ncc3Cl)cc2c1=O. The van der Waals surface area contributed by atoms with E-state index < -0.39 is 17.6 Å². The fraction of sp³-hybridized carbons (Fsp3) is 0.421. The van der Waals surface area contributed by atoms with Crippen LogP contribution in [0.15, 0.2) is 29.6 Å². The van der Waals surface area contributed by atoms with Crippen LogP contribution in [0.3, 0.4) is 0 Å². The molecule has 1 fully saturated rings. The lowest BCUT2D eigenvalue weighted by Crippen LogP contribution is -2.37. The van der Waals surface area contributed by atoms with E-state index >= 15 is 0 Å². The van der Waals surface area contributed by atoms with E-state index in [2.05, 4.69) is 32.3 Å². The van der Waals surface area contributed by atoms with Gasteiger partial charge in [0.15, 0.2) is 0 Å². The van der Waals surface area contributed by atoms with Gasteiger partial charge in [-0.2, -0.15) is 5.10 Å². The van der Waals surface area contributed by atoms with Gasteiger partial charge in [-0.1, -0.05) is 11.6 Å². The van der Waals surface area contributed by atoms with Crippen molar-refractivity contribution >= 4 is 29.0 Å². The molecule has 0 saturated carbocycles. The van der Waals surface area contributed by atoms with Crippen LogP contribution in [0.1, 0.15) is 25.8 Å². The number of hydrogen-bond donors (Lipinski definition) is 2. The molecule has 30 heavy (non-hydrogen) atoms. The number of piperidine rings is 1. The maximum Gasteiger partial charge on any atom is 0.326 e. The number of fused-ring (bicyclic) bond motifs is 1. The van der Waals surface area contributed by atoms with Gasteiger partial charge in [-0.15, -0.1) is 0 Å². The van der Waals surface area contributed by atoms with Crippen molar-refractivity contribution < 1.29 is 9.90 Å². The lowest BCUT2D eigenvalue weighted by atomic mass is 10.1. The number of carbonyl (C=O) groups is 1. The van der Waals surface area contributed by atoms with E-state index in [4.69, 9.17) is 11.6 Å². The second-order valence-electron chi connectivity index (χ2n) is 7.53. The highest BCUT2D eigenvalue weighted by molar-refractivity contribution is 6.32. The van der Waals surface area contributed by atoms with Gasteiger partial charge in [0.2, 0.25) is 5.95 Å². The molecule has 11 heteroatoms. The van der Waals surface area contributed by atoms with E-state index in [9.17, 15) is 14.7 Å². The Labute approximate surface area is 177 Å². The van der Waals surface area contributed by atoms with E-state index in [0.717, 1.165) is 30.5 Å². The van der Waals surface area contributed by atoms with Crippen LogP contribution < -0.4 is 10.9 Å². The smallest absolute Gasteiger partial charge is 0.326 e. The van der Waals surface area contributed by atoms with Gasteiger partial charge < -0.3 is 15.3 Å². The van der Waals surface area contributed by atoms with Crippen molar-refractivity contribution in [2.45, 2.75) is 31.8 Å². The molecule has 0 radical (unpaired) electrons. The molecule has 4 heterocycles. The number of aliphatic carboxylic acids is 1. The van der Waals surface area contributed by atoms with Crippen molar-refractivity contribution in [2.75, 3.05) is 25.5 Å². The van der Waals surface area contributed by atoms with E-state index in [1.807, 2.05) is 0 Å². The van der Waals surface area contributed by atoms with Crippen LogP contribution in [0.5, 0.6) is 0 Å². The first kappa shape index (κ1) is 20.3. The predicted molar refractivity (Wildman–Crippen MR) is 112 cm³/mol. The number of likely N-dealkylation sites (tertiary alicyclic amines) is 1. The van der Waals surface area contributed by atoms with Gasteiger partial charge in [0.25, 0.3) is 5.56 Å². The quantitative estimate of drug-likeness (QED) is 0.627. The van der Waals surface area contributed by atoms with Crippen LogP contribution in [0.2, 0.25) is 5.02 Å². The van der Waals surface area contributed by atoms with Gasteiger partial charge in [0.05, 0.1) is 16.9 Å². The standard InChI is InChI=1S/C19H22ClN7O3/c1-11(18(29)30)26-10-22-27-9-12(7-15(27)17(26)28)16-14(20)8-21-19(24-16)23-13-3-5-25(2)6-4-13/h7-11,13H,3-6H2,1-2H3,(H,29,30)(H,21,23,24). The van der Waals surface area contributed by atoms with E-state index in [0.29, 0.717) is 22.2 Å². The third-order valence-electron chi connectivity index (χ3n) is 5.40. The maximum absolute atomic E-state index is 12.7. The largest absolute Gasteiger partial charge is 0.480 e. The Kier molecular flexibility index (Phi) is 5.44. The summed E-state index contributed by atoms with van der Waals surface area (Å²) in [6.07, 6.45) is 6.38. The monoisotopic (exact) mass is 431 g/mol. The minimum atomic E-state index is -1.11. The molecule has 1 aliphatic heterocycles. The van der Waals surface area contributed by atoms with Crippen molar-refractivity contribution in [2.24, 2.45) is 0 Å². The Morgan fingerprint density at radius 1 is 1.37 bits per heavy atom. The van der Waals surface area contributed by atoms with Gasteiger partial charge in [0.1, 0.15) is 17.9 Å². The molecule has 3 aromatic heterocycles. The molecule has 2 N–H and O–H groups in total. The van der Waals surface area contributed by atoms with Gasteiger partial charge in [-0.3, -0.25) is 9.36 Å². The lowest BCUT2D eigenvalue weighted by molar-refractivity contribution is -0.140. The van der Waals surface area contributed by atoms with Crippen LogP contribution in [-0.4, -0.2) is 66.3 Å². The summed E-state index contributed by atoms with van der Waals surface area (Å²) in [5.41, 5.74) is 0.852. The summed E-state index contributed by atoms with van der Waals surface area (Å²) in [6.45, 7) is 3.44. The molecule has 0 spiro atoms. The van der Waals surface area contributed by atoms with Crippen LogP contribution in [-0.2, 0) is 4.79 Å². The summed E-state index contributed by atoms with van der Waals surface area (Å²) < 4.78 is 2.47. The zero-order chi connectivity index (χ0) is 21.4. The van der Waals surface area contributed by atoms with Crippen molar-refractivity contribution in [1.29, 1.82) is 0 Å². The Hall–Kier alpha value is -2.98. The van der Waals surface area contributed by atoms with Crippen LogP contribution >= 0.6 is 11.6 Å². The number of anilines is 1. The highest BCUT2D eigenvalue weighted by Crippen LogP contribution is 2.28. The minimum absolute atomic E-state index is 0.236. The number of carboxylic acid groups (broad SMARTS) is 1. The van der Waals surface area contributed by atoms with Crippen LogP contribution in [0.4, 0.5) is 5.95 Å². The first-order chi connectivity index (χ1) is 14.3. The number of rotatable bonds is 5. The molecule has 0 bridgehead atoms. The summed E-state index contributed by atoms with van der Waals surface area (Å²) in [6, 6.07) is 0.865. The van der Waals surface area contributed by atoms with Crippen molar-refractivity contribution in [3.63, 3.8) is 0 Å². The molecule has 1 saturated heterocycles. The number of aromatic nitrogens is 5. The van der Waals surface area contributed by atoms with Crippen molar-refractivity contribution in [3.05, 3.63) is 40.2 Å². The second kappa shape index (κ2) is 8.04. The number of carboxylic acids is 1. The molecule has 1 unspecified atom stereocenters. The third kappa shape index (κ3) is 3.88. The molecule has 0 aromatic carbocycles. The Bertz CT molecular complexity index is 1150. The molecule has 1 aliphatic rings. The fourth-order valence-electron chi connectivity index (χ4n) is 3.50. The van der Waals surface area contributed by atoms with Crippen LogP contribution in [0, 0.1) is 0 Å². The Morgan fingerprint density at radius 3 is 2.80 bits per heavy atom. The van der Waals surface area contributed by atoms with E-state index in [1.54, 1.807) is 12.3 Å². The second-order valence-corrected chi connectivity index (χ2v) is 7.94. The molecular weight excluding hydrogens is 410 g/mol. The molecule has 0 aliphatic carbocycles. The molecular formula is C19H22ClN7O3. The Balaban J connectivity index is 1.67. The first-order valence-electron chi connectivity index (χ1n) is 9.64. The minimum Gasteiger partial charge on any atom is -0.480 e. The fourth-order valence-corrected chi connectivity index (χ4v) is 3.70. The lowest BCUT2D eigenvalue weighted by Gasteiger charge is -2.29. The van der Waals surface area contributed by atoms with Crippen molar-refractivity contribution in [3.8, 4) is 11.3 Å². The number of nitrogens with one attached hydrogen (secondary N) is 1. The molecule has 1 atom stereocenters. The number of halogens is 1. The molecule has 0 amide bonds. The topological polar surface area (TPSA) is 118 Å². The summed E-state index contributed by atoms with van der Waals surface area (Å²) in [4.78, 5) is 35.1. The van der Waals surface area contributed by atoms with Crippen molar-refractivity contribution in [1.82, 2.24) is 29.0 Å². The summed E-state index contributed by atoms with van der Waals surface area (Å²) in [5.74, 6) is -0.637. The molecule has 4 rings (SSSR count). The highest BCUT2D eigenvalue weighted by atomic mass is 35.5. The van der Waals surface area contributed by atoms with Gasteiger partial charge >= 0.3 is 5.97 Å². The van der Waals surface area contributed by atoms with Crippen LogP contribution in [0.25, 0.3) is 16.8 Å². The molecule has 10 nitrogen and oxygen atoms in total. The zero-order valence-corrected chi connectivity index (χ0v) is 17.4. The molecule has 158 valence electrons. The Morgan fingerprint density at radius 2 is 2.10 bits per heavy atom. The van der Waals surface area contributed by atoms with Gasteiger partial charge in [0, 0.05) is 17.8 Å². The average Bonchev–Trinajstić information content (AvgIpc) is 3.16. The highest BCUT2D eigenvalue weighted by Gasteiger charge is 2.20. The number of hydrogen-bond acceptors (Lipinski definition) is 7. The summed E-state index contributed by atoms with van der Waals surface area (Å²) in [5, 5.41) is 17.1. The van der Waals surface area contributed by atoms with Gasteiger partial charge in [-0.05, 0) is 46.0 Å². The number of nitrogens with zero attached hydrogens (tertiary/aromatic N) is 6. The maximum atomic E-state index is 12.7.